The largest absolute Gasteiger partial charge is 0.347 e. The summed E-state index contributed by atoms with van der Waals surface area (Å²) in [5.74, 6) is 0. The van der Waals surface area contributed by atoms with Crippen LogP contribution in [0.4, 0.5) is 0 Å². The molecule has 2 rings (SSSR count). The van der Waals surface area contributed by atoms with Crippen molar-refractivity contribution in [2.24, 2.45) is 0 Å². The van der Waals surface area contributed by atoms with Crippen molar-refractivity contribution in [3.8, 4) is 0 Å². The number of nitrogens with zero attached hydrogens (tertiary/aromatic N) is 2. The maximum absolute atomic E-state index is 2.50. The highest BCUT2D eigenvalue weighted by molar-refractivity contribution is 5.83. The van der Waals surface area contributed by atoms with Crippen LogP contribution < -0.4 is 0 Å². The van der Waals surface area contributed by atoms with Gasteiger partial charge in [-0.05, 0) is 31.1 Å². The Morgan fingerprint density at radius 3 is 2.30 bits per heavy atom. The molecule has 0 bridgehead atoms. The zero-order valence-electron chi connectivity index (χ0n) is 15.4. The van der Waals surface area contributed by atoms with Gasteiger partial charge in [-0.25, -0.2) is 0 Å². The maximum atomic E-state index is 2.50. The second-order valence-electron chi connectivity index (χ2n) is 6.59. The van der Waals surface area contributed by atoms with E-state index in [2.05, 4.69) is 60.7 Å². The van der Waals surface area contributed by atoms with Gasteiger partial charge in [-0.15, -0.1) is 0 Å². The number of rotatable bonds is 11. The van der Waals surface area contributed by atoms with Crippen LogP contribution in [0.3, 0.4) is 0 Å². The number of aryl methyl sites for hydroxylation is 1. The fraction of sp³-hybridized carbons (Fsp3) is 0.619. The number of hydrogen-bond donors (Lipinski definition) is 0. The molecule has 0 unspecified atom stereocenters. The van der Waals surface area contributed by atoms with Crippen molar-refractivity contribution >= 4 is 10.9 Å². The second-order valence-corrected chi connectivity index (χ2v) is 6.59. The molecule has 2 nitrogen and oxygen atoms in total. The number of para-hydroxylation sites is 1. The van der Waals surface area contributed by atoms with Crippen LogP contribution in [-0.4, -0.2) is 22.6 Å². The first-order chi connectivity index (χ1) is 11.3. The van der Waals surface area contributed by atoms with E-state index in [4.69, 9.17) is 0 Å². The molecule has 0 aliphatic rings. The fourth-order valence-electron chi connectivity index (χ4n) is 3.38. The van der Waals surface area contributed by atoms with Crippen LogP contribution in [0.15, 0.2) is 30.5 Å². The Kier molecular flexibility index (Phi) is 7.67. The number of benzene rings is 1. The van der Waals surface area contributed by atoms with Gasteiger partial charge in [0.1, 0.15) is 0 Å². The molecular weight excluding hydrogens is 280 g/mol. The zero-order valence-corrected chi connectivity index (χ0v) is 15.4. The van der Waals surface area contributed by atoms with Gasteiger partial charge in [0.25, 0.3) is 0 Å². The lowest BCUT2D eigenvalue weighted by atomic mass is 10.1. The molecule has 0 saturated carbocycles. The Hall–Kier alpha value is -1.28. The summed E-state index contributed by atoms with van der Waals surface area (Å²) >= 11 is 0. The van der Waals surface area contributed by atoms with Crippen molar-refractivity contribution in [2.75, 3.05) is 13.1 Å². The van der Waals surface area contributed by atoms with Crippen molar-refractivity contribution in [3.63, 3.8) is 0 Å². The first-order valence-corrected chi connectivity index (χ1v) is 9.59. The lowest BCUT2D eigenvalue weighted by molar-refractivity contribution is 0.296. The second kappa shape index (κ2) is 9.77. The van der Waals surface area contributed by atoms with Crippen LogP contribution in [0.2, 0.25) is 0 Å². The van der Waals surface area contributed by atoms with Crippen molar-refractivity contribution in [2.45, 2.75) is 72.4 Å². The molecule has 128 valence electrons. The Morgan fingerprint density at radius 1 is 0.870 bits per heavy atom. The van der Waals surface area contributed by atoms with Crippen molar-refractivity contribution < 1.29 is 0 Å². The van der Waals surface area contributed by atoms with Crippen LogP contribution in [0.25, 0.3) is 10.9 Å². The Balaban J connectivity index is 2.02. The lowest BCUT2D eigenvalue weighted by Gasteiger charge is -2.17. The Labute approximate surface area is 142 Å². The van der Waals surface area contributed by atoms with E-state index in [-0.39, 0.29) is 0 Å². The van der Waals surface area contributed by atoms with Gasteiger partial charge in [-0.3, -0.25) is 4.90 Å². The average Bonchev–Trinajstić information content (AvgIpc) is 2.94. The van der Waals surface area contributed by atoms with E-state index in [9.17, 15) is 0 Å². The van der Waals surface area contributed by atoms with Gasteiger partial charge in [-0.2, -0.15) is 0 Å². The summed E-state index contributed by atoms with van der Waals surface area (Å²) in [5.41, 5.74) is 2.89. The van der Waals surface area contributed by atoms with Crippen molar-refractivity contribution in [3.05, 3.63) is 36.0 Å². The number of fused-ring (bicyclic) bond motifs is 1. The standard InChI is InChI=1S/C21H34N2/c1-4-7-8-9-10-13-16-23-18-19(17-22(5-2)6-3)20-14-11-12-15-21(20)23/h11-12,14-15,18H,4-10,13,16-17H2,1-3H3. The third kappa shape index (κ3) is 5.10. The van der Waals surface area contributed by atoms with E-state index in [1.54, 1.807) is 0 Å². The smallest absolute Gasteiger partial charge is 0.0483 e. The van der Waals surface area contributed by atoms with E-state index < -0.39 is 0 Å². The van der Waals surface area contributed by atoms with Crippen LogP contribution in [0.5, 0.6) is 0 Å². The predicted molar refractivity (Wildman–Crippen MR) is 102 cm³/mol. The number of hydrogen-bond acceptors (Lipinski definition) is 1. The summed E-state index contributed by atoms with van der Waals surface area (Å²) in [5, 5.41) is 1.44. The third-order valence-corrected chi connectivity index (χ3v) is 4.91. The minimum absolute atomic E-state index is 1.07. The van der Waals surface area contributed by atoms with Gasteiger partial charge >= 0.3 is 0 Å². The minimum atomic E-state index is 1.07. The molecule has 0 amide bonds. The molecule has 0 radical (unpaired) electrons. The Morgan fingerprint density at radius 2 is 1.57 bits per heavy atom. The quantitative estimate of drug-likeness (QED) is 0.473. The first kappa shape index (κ1) is 18.1. The van der Waals surface area contributed by atoms with Gasteiger partial charge in [0, 0.05) is 30.2 Å². The molecule has 0 saturated heterocycles. The molecule has 2 aromatic rings. The molecule has 2 heteroatoms. The van der Waals surface area contributed by atoms with Crippen LogP contribution in [-0.2, 0) is 13.1 Å². The van der Waals surface area contributed by atoms with E-state index in [1.807, 2.05) is 0 Å². The van der Waals surface area contributed by atoms with Crippen molar-refractivity contribution in [1.82, 2.24) is 9.47 Å². The maximum Gasteiger partial charge on any atom is 0.0483 e. The molecule has 0 N–H and O–H groups in total. The molecular formula is C21H34N2. The molecule has 1 heterocycles. The summed E-state index contributed by atoms with van der Waals surface area (Å²) in [6, 6.07) is 8.90. The molecule has 1 aromatic carbocycles. The van der Waals surface area contributed by atoms with E-state index in [1.165, 1.54) is 55.0 Å². The first-order valence-electron chi connectivity index (χ1n) is 9.59. The number of unbranched alkanes of at least 4 members (excludes halogenated alkanes) is 5. The Bertz CT molecular complexity index is 566. The fourth-order valence-corrected chi connectivity index (χ4v) is 3.38. The van der Waals surface area contributed by atoms with E-state index in [0.717, 1.165) is 26.2 Å². The summed E-state index contributed by atoms with van der Waals surface area (Å²) < 4.78 is 2.48. The minimum Gasteiger partial charge on any atom is -0.347 e. The van der Waals surface area contributed by atoms with Gasteiger partial charge in [0.15, 0.2) is 0 Å². The summed E-state index contributed by atoms with van der Waals surface area (Å²) in [6.45, 7) is 11.2. The molecule has 0 spiro atoms. The van der Waals surface area contributed by atoms with E-state index >= 15 is 0 Å². The third-order valence-electron chi connectivity index (χ3n) is 4.91. The molecule has 0 aliphatic carbocycles. The van der Waals surface area contributed by atoms with Crippen LogP contribution in [0, 0.1) is 0 Å². The molecule has 0 aliphatic heterocycles. The highest BCUT2D eigenvalue weighted by atomic mass is 15.1. The molecule has 23 heavy (non-hydrogen) atoms. The SMILES string of the molecule is CCCCCCCCn1cc(CN(CC)CC)c2ccccc21. The number of aromatic nitrogens is 1. The van der Waals surface area contributed by atoms with Gasteiger partial charge < -0.3 is 4.57 Å². The van der Waals surface area contributed by atoms with Crippen LogP contribution in [0.1, 0.15) is 64.9 Å². The van der Waals surface area contributed by atoms with Gasteiger partial charge in [0.05, 0.1) is 0 Å². The highest BCUT2D eigenvalue weighted by Crippen LogP contribution is 2.23. The summed E-state index contributed by atoms with van der Waals surface area (Å²) in [6.07, 6.45) is 10.6. The average molecular weight is 315 g/mol. The highest BCUT2D eigenvalue weighted by Gasteiger charge is 2.10. The summed E-state index contributed by atoms with van der Waals surface area (Å²) in [4.78, 5) is 2.50. The monoisotopic (exact) mass is 314 g/mol. The lowest BCUT2D eigenvalue weighted by Crippen LogP contribution is -2.21. The molecule has 1 aromatic heterocycles. The van der Waals surface area contributed by atoms with Gasteiger partial charge in [0.2, 0.25) is 0 Å². The van der Waals surface area contributed by atoms with Crippen LogP contribution >= 0.6 is 0 Å². The summed E-state index contributed by atoms with van der Waals surface area (Å²) in [7, 11) is 0. The van der Waals surface area contributed by atoms with Gasteiger partial charge in [-0.1, -0.05) is 71.1 Å². The molecule has 0 fully saturated rings. The topological polar surface area (TPSA) is 8.17 Å². The van der Waals surface area contributed by atoms with Crippen molar-refractivity contribution in [1.29, 1.82) is 0 Å². The van der Waals surface area contributed by atoms with E-state index in [0.29, 0.717) is 0 Å². The molecule has 0 atom stereocenters. The normalized spacial score (nSPS) is 11.7. The zero-order chi connectivity index (χ0) is 16.5. The predicted octanol–water partition coefficient (Wildman–Crippen LogP) is 5.84.